The number of carbonyl (C=O) groups is 1. The van der Waals surface area contributed by atoms with Crippen LogP contribution < -0.4 is 10.1 Å². The van der Waals surface area contributed by atoms with Gasteiger partial charge in [0.1, 0.15) is 23.1 Å². The van der Waals surface area contributed by atoms with Crippen molar-refractivity contribution in [1.29, 1.82) is 5.26 Å². The zero-order valence-electron chi connectivity index (χ0n) is 17.0. The van der Waals surface area contributed by atoms with Crippen LogP contribution in [0.4, 0.5) is 17.1 Å². The highest BCUT2D eigenvalue weighted by Crippen LogP contribution is 2.37. The summed E-state index contributed by atoms with van der Waals surface area (Å²) in [5.41, 5.74) is -0.824. The van der Waals surface area contributed by atoms with E-state index in [9.17, 15) is 35.4 Å². The quantitative estimate of drug-likeness (QED) is 0.138. The molecule has 0 aliphatic heterocycles. The second-order valence-corrected chi connectivity index (χ2v) is 7.54. The fraction of sp³-hybridized carbons (Fsp3) is 0. The van der Waals surface area contributed by atoms with Gasteiger partial charge in [-0.05, 0) is 54.6 Å². The molecule has 3 rings (SSSR count). The molecule has 3 aromatic carbocycles. The fourth-order valence-corrected chi connectivity index (χ4v) is 3.12. The van der Waals surface area contributed by atoms with Gasteiger partial charge in [-0.25, -0.2) is 0 Å². The minimum atomic E-state index is -0.817. The molecule has 0 bridgehead atoms. The van der Waals surface area contributed by atoms with Crippen molar-refractivity contribution in [2.24, 2.45) is 0 Å². The Morgan fingerprint density at radius 3 is 2.32 bits per heavy atom. The van der Waals surface area contributed by atoms with Crippen LogP contribution in [0, 0.1) is 31.6 Å². The van der Waals surface area contributed by atoms with Crippen molar-refractivity contribution in [3.8, 4) is 23.3 Å². The first kappa shape index (κ1) is 23.9. The number of rotatable bonds is 7. The summed E-state index contributed by atoms with van der Waals surface area (Å²) in [6.45, 7) is 0. The first-order valence-electron chi connectivity index (χ1n) is 9.30. The summed E-state index contributed by atoms with van der Waals surface area (Å²) in [5, 5.41) is 43.7. The van der Waals surface area contributed by atoms with Gasteiger partial charge < -0.3 is 15.2 Å². The Bertz CT molecular complexity index is 1360. The molecule has 0 atom stereocenters. The van der Waals surface area contributed by atoms with E-state index in [4.69, 9.17) is 4.74 Å². The molecule has 0 spiro atoms. The third-order valence-electron chi connectivity index (χ3n) is 4.33. The Labute approximate surface area is 200 Å². The Morgan fingerprint density at radius 1 is 1.03 bits per heavy atom. The number of halogens is 1. The highest BCUT2D eigenvalue weighted by molar-refractivity contribution is 9.10. The Morgan fingerprint density at radius 2 is 1.71 bits per heavy atom. The van der Waals surface area contributed by atoms with Crippen LogP contribution in [0.25, 0.3) is 6.08 Å². The number of ether oxygens (including phenoxy) is 1. The molecule has 0 fully saturated rings. The van der Waals surface area contributed by atoms with E-state index in [1.165, 1.54) is 42.5 Å². The van der Waals surface area contributed by atoms with Gasteiger partial charge in [0.25, 0.3) is 11.6 Å². The molecule has 11 nitrogen and oxygen atoms in total. The van der Waals surface area contributed by atoms with Gasteiger partial charge in [0.2, 0.25) is 5.75 Å². The van der Waals surface area contributed by atoms with Crippen molar-refractivity contribution >= 4 is 45.0 Å². The molecule has 34 heavy (non-hydrogen) atoms. The minimum Gasteiger partial charge on any atom is -0.508 e. The van der Waals surface area contributed by atoms with Crippen LogP contribution in [-0.4, -0.2) is 20.9 Å². The maximum Gasteiger partial charge on any atom is 0.318 e. The molecule has 1 amide bonds. The van der Waals surface area contributed by atoms with Gasteiger partial charge in [-0.1, -0.05) is 15.9 Å². The van der Waals surface area contributed by atoms with Crippen LogP contribution >= 0.6 is 15.9 Å². The Hall–Kier alpha value is -4.76. The van der Waals surface area contributed by atoms with E-state index in [0.717, 1.165) is 18.2 Å². The second-order valence-electron chi connectivity index (χ2n) is 6.62. The van der Waals surface area contributed by atoms with Crippen molar-refractivity contribution in [2.75, 3.05) is 5.32 Å². The van der Waals surface area contributed by atoms with E-state index in [-0.39, 0.29) is 28.4 Å². The lowest BCUT2D eigenvalue weighted by Crippen LogP contribution is -2.13. The number of phenols is 1. The second kappa shape index (κ2) is 10.2. The number of benzene rings is 3. The van der Waals surface area contributed by atoms with Gasteiger partial charge in [0.15, 0.2) is 0 Å². The monoisotopic (exact) mass is 524 g/mol. The number of carbonyl (C=O) groups excluding carboxylic acids is 1. The van der Waals surface area contributed by atoms with E-state index < -0.39 is 27.1 Å². The summed E-state index contributed by atoms with van der Waals surface area (Å²) in [7, 11) is 0. The van der Waals surface area contributed by atoms with E-state index in [2.05, 4.69) is 21.2 Å². The molecular weight excluding hydrogens is 512 g/mol. The molecule has 0 aliphatic rings. The first-order chi connectivity index (χ1) is 16.2. The van der Waals surface area contributed by atoms with Crippen LogP contribution in [0.5, 0.6) is 17.2 Å². The number of phenolic OH excluding ortho intramolecular Hbond substituents is 1. The summed E-state index contributed by atoms with van der Waals surface area (Å²) < 4.78 is 6.22. The largest absolute Gasteiger partial charge is 0.508 e. The topological polar surface area (TPSA) is 169 Å². The molecule has 0 aliphatic carbocycles. The number of amides is 1. The lowest BCUT2D eigenvalue weighted by molar-refractivity contribution is -0.394. The third kappa shape index (κ3) is 5.72. The van der Waals surface area contributed by atoms with Crippen LogP contribution in [-0.2, 0) is 4.79 Å². The van der Waals surface area contributed by atoms with E-state index in [0.29, 0.717) is 10.2 Å². The maximum atomic E-state index is 12.6. The van der Waals surface area contributed by atoms with E-state index >= 15 is 0 Å². The highest BCUT2D eigenvalue weighted by Gasteiger charge is 2.22. The molecule has 0 saturated heterocycles. The Balaban J connectivity index is 1.97. The van der Waals surface area contributed by atoms with Crippen LogP contribution in [0.3, 0.4) is 0 Å². The molecule has 3 aromatic rings. The smallest absolute Gasteiger partial charge is 0.318 e. The van der Waals surface area contributed by atoms with Crippen LogP contribution in [0.2, 0.25) is 0 Å². The number of aromatic hydroxyl groups is 1. The lowest BCUT2D eigenvalue weighted by Gasteiger charge is -2.10. The van der Waals surface area contributed by atoms with Gasteiger partial charge >= 0.3 is 5.69 Å². The number of nitriles is 1. The van der Waals surface area contributed by atoms with Gasteiger partial charge in [-0.3, -0.25) is 25.0 Å². The molecule has 170 valence electrons. The van der Waals surface area contributed by atoms with Crippen LogP contribution in [0.1, 0.15) is 5.56 Å². The number of non-ortho nitro benzene ring substituents is 1. The summed E-state index contributed by atoms with van der Waals surface area (Å²) >= 11 is 3.28. The molecule has 2 N–H and O–H groups in total. The number of nitro benzene ring substituents is 2. The van der Waals surface area contributed by atoms with Gasteiger partial charge in [-0.2, -0.15) is 5.26 Å². The standard InChI is InChI=1S/C22H13BrN4O7/c23-15-1-7-20(34-21-8-4-17(26(30)31)11-19(21)27(32)33)13(10-15)9-14(12-24)22(29)25-16-2-5-18(28)6-3-16/h1-11,28H,(H,25,29)/b14-9+. The normalized spacial score (nSPS) is 10.8. The molecule has 0 heterocycles. The number of hydrogen-bond donors (Lipinski definition) is 2. The molecule has 0 radical (unpaired) electrons. The average molecular weight is 525 g/mol. The summed E-state index contributed by atoms with van der Waals surface area (Å²) in [6, 6.07) is 14.9. The lowest BCUT2D eigenvalue weighted by atomic mass is 10.1. The SMILES string of the molecule is N#C/C(=C\c1cc(Br)ccc1Oc1ccc([N+](=O)[O-])cc1[N+](=O)[O-])C(=O)Nc1ccc(O)cc1. The van der Waals surface area contributed by atoms with E-state index in [1.54, 1.807) is 12.1 Å². The number of nitro groups is 2. The predicted octanol–water partition coefficient (Wildman–Crippen LogP) is 5.31. The van der Waals surface area contributed by atoms with E-state index in [1.807, 2.05) is 0 Å². The van der Waals surface area contributed by atoms with Crippen molar-refractivity contribution in [3.63, 3.8) is 0 Å². The minimum absolute atomic E-state index is 0.00492. The molecular formula is C22H13BrN4O7. The summed E-state index contributed by atoms with van der Waals surface area (Å²) in [5.74, 6) is -0.935. The number of nitrogens with zero attached hydrogens (tertiary/aromatic N) is 3. The Kier molecular flexibility index (Phi) is 7.20. The fourth-order valence-electron chi connectivity index (χ4n) is 2.74. The summed E-state index contributed by atoms with van der Waals surface area (Å²) in [4.78, 5) is 33.3. The summed E-state index contributed by atoms with van der Waals surface area (Å²) in [6.07, 6.45) is 1.23. The molecule has 0 saturated carbocycles. The maximum absolute atomic E-state index is 12.6. The average Bonchev–Trinajstić information content (AvgIpc) is 2.80. The highest BCUT2D eigenvalue weighted by atomic mass is 79.9. The van der Waals surface area contributed by atoms with Gasteiger partial charge in [-0.15, -0.1) is 0 Å². The zero-order valence-corrected chi connectivity index (χ0v) is 18.6. The van der Waals surface area contributed by atoms with Gasteiger partial charge in [0, 0.05) is 21.8 Å². The predicted molar refractivity (Wildman–Crippen MR) is 124 cm³/mol. The number of nitrogens with one attached hydrogen (secondary N) is 1. The van der Waals surface area contributed by atoms with Crippen molar-refractivity contribution < 1.29 is 24.5 Å². The third-order valence-corrected chi connectivity index (χ3v) is 4.83. The number of anilines is 1. The van der Waals surface area contributed by atoms with Crippen molar-refractivity contribution in [2.45, 2.75) is 0 Å². The number of hydrogen-bond acceptors (Lipinski definition) is 8. The molecule has 12 heteroatoms. The first-order valence-corrected chi connectivity index (χ1v) is 10.1. The van der Waals surface area contributed by atoms with Crippen LogP contribution in [0.15, 0.2) is 70.7 Å². The van der Waals surface area contributed by atoms with Gasteiger partial charge in [0.05, 0.1) is 15.9 Å². The molecule has 0 aromatic heterocycles. The van der Waals surface area contributed by atoms with Crippen molar-refractivity contribution in [3.05, 3.63) is 96.5 Å². The zero-order chi connectivity index (χ0) is 24.8. The molecule has 0 unspecified atom stereocenters. The van der Waals surface area contributed by atoms with Crippen molar-refractivity contribution in [1.82, 2.24) is 0 Å².